The van der Waals surface area contributed by atoms with E-state index >= 15 is 0 Å². The molecule has 1 atom stereocenters. The topological polar surface area (TPSA) is 105 Å². The highest BCUT2D eigenvalue weighted by Gasteiger charge is 2.30. The molecule has 0 spiro atoms. The second-order valence-corrected chi connectivity index (χ2v) is 8.44. The number of carbonyl (C=O) groups excluding carboxylic acids is 2. The number of methoxy groups -OCH3 is 1. The van der Waals surface area contributed by atoms with E-state index in [0.29, 0.717) is 15.6 Å². The van der Waals surface area contributed by atoms with Gasteiger partial charge in [-0.1, -0.05) is 4.68 Å². The standard InChI is InChI=1S/C16H19N3O5S2/c1-8(25-14-16(22)24-18-19(14)2)12(20)17-13-11(15(21)23-3)9-6-4-5-7-10(9)26-13/h8H,4-7H2,1-3H3,(H-,17,18,20,21,22)/p+1. The number of hydrogen-bond acceptors (Lipinski definition) is 7. The number of H-pyrrole nitrogens is 1. The summed E-state index contributed by atoms with van der Waals surface area (Å²) in [6.07, 6.45) is 3.82. The van der Waals surface area contributed by atoms with Crippen molar-refractivity contribution >= 4 is 40.0 Å². The molecular weight excluding hydrogens is 378 g/mol. The third kappa shape index (κ3) is 3.56. The second kappa shape index (κ2) is 7.67. The molecule has 0 aromatic carbocycles. The fourth-order valence-corrected chi connectivity index (χ4v) is 4.98. The minimum absolute atomic E-state index is 0.292. The number of nitrogens with one attached hydrogen (secondary N) is 2. The largest absolute Gasteiger partial charge is 0.465 e. The number of hydrogen-bond donors (Lipinski definition) is 2. The normalized spacial score (nSPS) is 14.6. The summed E-state index contributed by atoms with van der Waals surface area (Å²) in [5.74, 6) is -0.725. The van der Waals surface area contributed by atoms with Crippen LogP contribution in [0.25, 0.3) is 0 Å². The Balaban J connectivity index is 1.81. The Kier molecular flexibility index (Phi) is 5.52. The number of fused-ring (bicyclic) bond motifs is 1. The first-order valence-corrected chi connectivity index (χ1v) is 9.89. The van der Waals surface area contributed by atoms with Gasteiger partial charge in [-0.25, -0.2) is 9.59 Å². The van der Waals surface area contributed by atoms with Crippen molar-refractivity contribution in [3.05, 3.63) is 26.4 Å². The van der Waals surface area contributed by atoms with Gasteiger partial charge in [0.25, 0.3) is 0 Å². The fourth-order valence-electron chi connectivity index (χ4n) is 2.87. The van der Waals surface area contributed by atoms with Crippen molar-refractivity contribution in [1.82, 2.24) is 5.27 Å². The number of carbonyl (C=O) groups is 2. The number of aromatic nitrogens is 2. The van der Waals surface area contributed by atoms with E-state index in [1.54, 1.807) is 14.0 Å². The van der Waals surface area contributed by atoms with Crippen LogP contribution in [0, 0.1) is 0 Å². The SMILES string of the molecule is COC(=O)c1c(NC(=O)C(C)Sc2c(=O)o[nH][n+]2C)sc2c1CCCC2. The third-order valence-corrected chi connectivity index (χ3v) is 6.65. The molecule has 2 heterocycles. The summed E-state index contributed by atoms with van der Waals surface area (Å²) in [6, 6.07) is 0. The van der Waals surface area contributed by atoms with Gasteiger partial charge in [-0.15, -0.1) is 11.3 Å². The van der Waals surface area contributed by atoms with E-state index in [-0.39, 0.29) is 5.91 Å². The predicted octanol–water partition coefficient (Wildman–Crippen LogP) is 1.64. The van der Waals surface area contributed by atoms with Gasteiger partial charge in [0.2, 0.25) is 5.91 Å². The first kappa shape index (κ1) is 18.7. The summed E-state index contributed by atoms with van der Waals surface area (Å²) in [6.45, 7) is 1.69. The monoisotopic (exact) mass is 398 g/mol. The molecule has 2 N–H and O–H groups in total. The molecule has 1 amide bonds. The van der Waals surface area contributed by atoms with E-state index in [9.17, 15) is 14.4 Å². The lowest BCUT2D eigenvalue weighted by molar-refractivity contribution is -0.772. The highest BCUT2D eigenvalue weighted by molar-refractivity contribution is 8.00. The number of thiophene rings is 1. The van der Waals surface area contributed by atoms with Crippen LogP contribution in [-0.2, 0) is 29.4 Å². The van der Waals surface area contributed by atoms with E-state index < -0.39 is 16.8 Å². The number of ether oxygens (including phenoxy) is 1. The lowest BCUT2D eigenvalue weighted by Gasteiger charge is -2.12. The van der Waals surface area contributed by atoms with Gasteiger partial charge in [-0.3, -0.25) is 9.32 Å². The van der Waals surface area contributed by atoms with Crippen LogP contribution in [0.2, 0.25) is 0 Å². The van der Waals surface area contributed by atoms with Crippen LogP contribution in [0.15, 0.2) is 14.3 Å². The summed E-state index contributed by atoms with van der Waals surface area (Å²) in [4.78, 5) is 37.6. The van der Waals surface area contributed by atoms with Gasteiger partial charge in [0.1, 0.15) is 5.00 Å². The molecule has 0 saturated carbocycles. The van der Waals surface area contributed by atoms with Crippen LogP contribution in [0.3, 0.4) is 0 Å². The van der Waals surface area contributed by atoms with Gasteiger partial charge in [0, 0.05) is 4.88 Å². The van der Waals surface area contributed by atoms with Gasteiger partial charge in [-0.05, 0) is 55.2 Å². The highest BCUT2D eigenvalue weighted by Crippen LogP contribution is 2.38. The predicted molar refractivity (Wildman–Crippen MR) is 96.8 cm³/mol. The molecule has 3 rings (SSSR count). The van der Waals surface area contributed by atoms with Crippen molar-refractivity contribution in [2.45, 2.75) is 42.9 Å². The molecule has 0 aliphatic heterocycles. The molecular formula is C16H20N3O5S2+. The average Bonchev–Trinajstić information content (AvgIpc) is 3.15. The number of esters is 1. The lowest BCUT2D eigenvalue weighted by Crippen LogP contribution is -2.35. The van der Waals surface area contributed by atoms with E-state index in [4.69, 9.17) is 4.74 Å². The van der Waals surface area contributed by atoms with Crippen LogP contribution in [0.1, 0.15) is 40.6 Å². The maximum atomic E-state index is 12.6. The number of rotatable bonds is 5. The molecule has 2 aromatic rings. The minimum Gasteiger partial charge on any atom is -0.465 e. The Morgan fingerprint density at radius 2 is 2.12 bits per heavy atom. The second-order valence-electron chi connectivity index (χ2n) is 6.00. The number of aromatic amines is 1. The van der Waals surface area contributed by atoms with Crippen LogP contribution in [0.4, 0.5) is 5.00 Å². The Morgan fingerprint density at radius 1 is 1.38 bits per heavy atom. The summed E-state index contributed by atoms with van der Waals surface area (Å²) in [5, 5.41) is 5.52. The smallest absolute Gasteiger partial charge is 0.441 e. The molecule has 0 radical (unpaired) electrons. The first-order valence-electron chi connectivity index (χ1n) is 8.20. The first-order chi connectivity index (χ1) is 12.4. The van der Waals surface area contributed by atoms with Gasteiger partial charge < -0.3 is 10.1 Å². The van der Waals surface area contributed by atoms with Crippen LogP contribution in [0.5, 0.6) is 0 Å². The molecule has 0 bridgehead atoms. The molecule has 0 saturated heterocycles. The van der Waals surface area contributed by atoms with Crippen molar-refractivity contribution in [2.75, 3.05) is 12.4 Å². The van der Waals surface area contributed by atoms with Crippen molar-refractivity contribution in [2.24, 2.45) is 7.05 Å². The molecule has 26 heavy (non-hydrogen) atoms. The van der Waals surface area contributed by atoms with Gasteiger partial charge >= 0.3 is 16.6 Å². The number of nitrogens with zero attached hydrogens (tertiary/aromatic N) is 1. The molecule has 1 unspecified atom stereocenters. The van der Waals surface area contributed by atoms with E-state index in [2.05, 4.69) is 15.1 Å². The average molecular weight is 398 g/mol. The quantitative estimate of drug-likeness (QED) is 0.451. The van der Waals surface area contributed by atoms with Crippen molar-refractivity contribution < 1.29 is 23.5 Å². The maximum Gasteiger partial charge on any atom is 0.441 e. The lowest BCUT2D eigenvalue weighted by atomic mass is 9.95. The van der Waals surface area contributed by atoms with E-state index in [1.165, 1.54) is 23.1 Å². The molecule has 140 valence electrons. The zero-order valence-electron chi connectivity index (χ0n) is 14.7. The number of amides is 1. The van der Waals surface area contributed by atoms with Gasteiger partial charge in [0.05, 0.1) is 17.9 Å². The summed E-state index contributed by atoms with van der Waals surface area (Å²) < 4.78 is 11.0. The van der Waals surface area contributed by atoms with Gasteiger partial charge in [-0.2, -0.15) is 0 Å². The summed E-state index contributed by atoms with van der Waals surface area (Å²) in [5.41, 5.74) is 0.921. The van der Waals surface area contributed by atoms with E-state index in [0.717, 1.165) is 47.9 Å². The number of aryl methyl sites for hydroxylation is 2. The number of anilines is 1. The molecule has 1 aliphatic rings. The minimum atomic E-state index is -0.551. The Bertz CT molecular complexity index is 898. The third-order valence-electron chi connectivity index (χ3n) is 4.21. The maximum absolute atomic E-state index is 12.6. The molecule has 10 heteroatoms. The summed E-state index contributed by atoms with van der Waals surface area (Å²) in [7, 11) is 2.96. The molecule has 1 aliphatic carbocycles. The highest BCUT2D eigenvalue weighted by atomic mass is 32.2. The molecule has 2 aromatic heterocycles. The zero-order chi connectivity index (χ0) is 18.8. The fraction of sp³-hybridized carbons (Fsp3) is 0.500. The molecule has 8 nitrogen and oxygen atoms in total. The van der Waals surface area contributed by atoms with E-state index in [1.807, 2.05) is 0 Å². The Hall–Kier alpha value is -2.07. The molecule has 0 fully saturated rings. The van der Waals surface area contributed by atoms with Crippen LogP contribution >= 0.6 is 23.1 Å². The Morgan fingerprint density at radius 3 is 2.77 bits per heavy atom. The summed E-state index contributed by atoms with van der Waals surface area (Å²) >= 11 is 2.52. The van der Waals surface area contributed by atoms with Crippen LogP contribution < -0.4 is 15.6 Å². The van der Waals surface area contributed by atoms with Crippen molar-refractivity contribution in [3.8, 4) is 0 Å². The Labute approximate surface area is 157 Å². The number of thioether (sulfide) groups is 1. The van der Waals surface area contributed by atoms with Crippen molar-refractivity contribution in [1.29, 1.82) is 0 Å². The van der Waals surface area contributed by atoms with Gasteiger partial charge in [0.15, 0.2) is 7.05 Å². The zero-order valence-corrected chi connectivity index (χ0v) is 16.3. The van der Waals surface area contributed by atoms with Crippen molar-refractivity contribution in [3.63, 3.8) is 0 Å². The van der Waals surface area contributed by atoms with Crippen LogP contribution in [-0.4, -0.2) is 29.5 Å².